The van der Waals surface area contributed by atoms with Gasteiger partial charge in [0.15, 0.2) is 17.8 Å². The van der Waals surface area contributed by atoms with Crippen LogP contribution in [0.2, 0.25) is 0 Å². The number of carbonyl (C=O) groups is 2. The molecule has 0 unspecified atom stereocenters. The van der Waals surface area contributed by atoms with Crippen LogP contribution < -0.4 is 4.90 Å². The van der Waals surface area contributed by atoms with Crippen molar-refractivity contribution < 1.29 is 14.3 Å². The van der Waals surface area contributed by atoms with Crippen molar-refractivity contribution in [2.24, 2.45) is 0 Å². The SMILES string of the molecule is CC(C)(C)OC(=O)N(c1nc(-c2ccccc2)cn2c(C=O)cnc12)C1CC1. The first-order valence-corrected chi connectivity index (χ1v) is 9.28. The second-order valence-electron chi connectivity index (χ2n) is 7.89. The number of amides is 1. The van der Waals surface area contributed by atoms with Gasteiger partial charge in [-0.05, 0) is 33.6 Å². The van der Waals surface area contributed by atoms with Gasteiger partial charge in [-0.3, -0.25) is 14.1 Å². The van der Waals surface area contributed by atoms with Crippen LogP contribution >= 0.6 is 0 Å². The van der Waals surface area contributed by atoms with Crippen molar-refractivity contribution in [3.8, 4) is 11.3 Å². The second kappa shape index (κ2) is 6.74. The van der Waals surface area contributed by atoms with Gasteiger partial charge in [0.05, 0.1) is 11.9 Å². The minimum absolute atomic E-state index is 0.0218. The Morgan fingerprint density at radius 1 is 1.25 bits per heavy atom. The van der Waals surface area contributed by atoms with Gasteiger partial charge in [-0.1, -0.05) is 30.3 Å². The molecular formula is C21H22N4O3. The van der Waals surface area contributed by atoms with Crippen LogP contribution in [0, 0.1) is 0 Å². The lowest BCUT2D eigenvalue weighted by Crippen LogP contribution is -2.39. The number of aromatic nitrogens is 3. The maximum Gasteiger partial charge on any atom is 0.416 e. The molecule has 0 saturated heterocycles. The first kappa shape index (κ1) is 18.2. The van der Waals surface area contributed by atoms with Crippen molar-refractivity contribution in [3.63, 3.8) is 0 Å². The van der Waals surface area contributed by atoms with Crippen LogP contribution in [0.5, 0.6) is 0 Å². The van der Waals surface area contributed by atoms with Crippen molar-refractivity contribution in [1.29, 1.82) is 0 Å². The summed E-state index contributed by atoms with van der Waals surface area (Å²) in [5, 5.41) is 0. The molecule has 144 valence electrons. The fourth-order valence-electron chi connectivity index (χ4n) is 3.04. The zero-order valence-electron chi connectivity index (χ0n) is 16.1. The number of aldehydes is 1. The smallest absolute Gasteiger partial charge is 0.416 e. The summed E-state index contributed by atoms with van der Waals surface area (Å²) < 4.78 is 7.30. The highest BCUT2D eigenvalue weighted by molar-refractivity contribution is 5.93. The molecule has 28 heavy (non-hydrogen) atoms. The van der Waals surface area contributed by atoms with E-state index in [1.54, 1.807) is 15.5 Å². The zero-order valence-corrected chi connectivity index (χ0v) is 16.1. The Hall–Kier alpha value is -3.22. The second-order valence-corrected chi connectivity index (χ2v) is 7.89. The average Bonchev–Trinajstić information content (AvgIpc) is 3.39. The molecule has 0 bridgehead atoms. The lowest BCUT2D eigenvalue weighted by molar-refractivity contribution is 0.0576. The molecule has 0 aliphatic heterocycles. The normalized spacial score (nSPS) is 14.1. The summed E-state index contributed by atoms with van der Waals surface area (Å²) in [5.74, 6) is 0.409. The van der Waals surface area contributed by atoms with Crippen LogP contribution in [0.1, 0.15) is 44.1 Å². The van der Waals surface area contributed by atoms with E-state index in [1.807, 2.05) is 51.1 Å². The molecule has 0 atom stereocenters. The number of hydrogen-bond donors (Lipinski definition) is 0. The van der Waals surface area contributed by atoms with Gasteiger partial charge in [-0.2, -0.15) is 0 Å². The first-order valence-electron chi connectivity index (χ1n) is 9.28. The fraction of sp³-hybridized carbons (Fsp3) is 0.333. The van der Waals surface area contributed by atoms with E-state index < -0.39 is 11.7 Å². The molecule has 7 nitrogen and oxygen atoms in total. The minimum atomic E-state index is -0.624. The molecule has 2 heterocycles. The summed E-state index contributed by atoms with van der Waals surface area (Å²) in [6, 6.07) is 9.65. The Morgan fingerprint density at radius 3 is 2.57 bits per heavy atom. The summed E-state index contributed by atoms with van der Waals surface area (Å²) in [4.78, 5) is 35.1. The van der Waals surface area contributed by atoms with E-state index in [-0.39, 0.29) is 6.04 Å². The maximum absolute atomic E-state index is 13.0. The maximum atomic E-state index is 13.0. The Bertz CT molecular complexity index is 1030. The number of fused-ring (bicyclic) bond motifs is 1. The fourth-order valence-corrected chi connectivity index (χ4v) is 3.04. The Labute approximate surface area is 163 Å². The van der Waals surface area contributed by atoms with Crippen LogP contribution in [0.25, 0.3) is 16.9 Å². The van der Waals surface area contributed by atoms with Gasteiger partial charge >= 0.3 is 6.09 Å². The van der Waals surface area contributed by atoms with Gasteiger partial charge in [-0.15, -0.1) is 0 Å². The molecular weight excluding hydrogens is 356 g/mol. The number of benzene rings is 1. The number of anilines is 1. The molecule has 1 saturated carbocycles. The van der Waals surface area contributed by atoms with Crippen LogP contribution in [-0.4, -0.2) is 38.4 Å². The van der Waals surface area contributed by atoms with E-state index in [4.69, 9.17) is 9.72 Å². The number of carbonyl (C=O) groups excluding carboxylic acids is 2. The molecule has 4 rings (SSSR count). The van der Waals surface area contributed by atoms with E-state index in [9.17, 15) is 9.59 Å². The van der Waals surface area contributed by atoms with Crippen LogP contribution in [0.3, 0.4) is 0 Å². The topological polar surface area (TPSA) is 76.8 Å². The van der Waals surface area contributed by atoms with Gasteiger partial charge < -0.3 is 4.74 Å². The molecule has 1 aliphatic carbocycles. The Kier molecular flexibility index (Phi) is 4.37. The summed E-state index contributed by atoms with van der Waals surface area (Å²) in [5.41, 5.74) is 1.77. The van der Waals surface area contributed by atoms with Gasteiger partial charge in [-0.25, -0.2) is 14.8 Å². The third-order valence-corrected chi connectivity index (χ3v) is 4.42. The summed E-state index contributed by atoms with van der Waals surface area (Å²) >= 11 is 0. The monoisotopic (exact) mass is 378 g/mol. The van der Waals surface area contributed by atoms with E-state index in [0.717, 1.165) is 24.7 Å². The zero-order chi connectivity index (χ0) is 19.9. The molecule has 1 amide bonds. The van der Waals surface area contributed by atoms with Crippen molar-refractivity contribution >= 4 is 23.8 Å². The van der Waals surface area contributed by atoms with Crippen LogP contribution in [0.15, 0.2) is 42.7 Å². The largest absolute Gasteiger partial charge is 0.443 e. The molecule has 1 fully saturated rings. The average molecular weight is 378 g/mol. The van der Waals surface area contributed by atoms with Gasteiger partial charge in [0.25, 0.3) is 0 Å². The van der Waals surface area contributed by atoms with E-state index in [2.05, 4.69) is 4.98 Å². The highest BCUT2D eigenvalue weighted by atomic mass is 16.6. The van der Waals surface area contributed by atoms with Crippen LogP contribution in [-0.2, 0) is 4.74 Å². The third kappa shape index (κ3) is 3.47. The number of ether oxygens (including phenoxy) is 1. The Balaban J connectivity index is 1.90. The van der Waals surface area contributed by atoms with Crippen molar-refractivity contribution in [2.75, 3.05) is 4.90 Å². The van der Waals surface area contributed by atoms with Gasteiger partial charge in [0.1, 0.15) is 11.3 Å². The molecule has 0 radical (unpaired) electrons. The standard InChI is InChI=1S/C21H22N4O3/c1-21(2,3)28-20(27)25(15-9-10-15)19-18-22-11-16(13-26)24(18)12-17(23-19)14-7-5-4-6-8-14/h4-8,11-13,15H,9-10H2,1-3H3. The highest BCUT2D eigenvalue weighted by Gasteiger charge is 2.39. The van der Waals surface area contributed by atoms with Gasteiger partial charge in [0, 0.05) is 17.8 Å². The first-order chi connectivity index (χ1) is 13.4. The van der Waals surface area contributed by atoms with Crippen molar-refractivity contribution in [1.82, 2.24) is 14.4 Å². The summed E-state index contributed by atoms with van der Waals surface area (Å²) in [6.07, 6.45) is 5.31. The molecule has 1 aromatic carbocycles. The van der Waals surface area contributed by atoms with E-state index >= 15 is 0 Å². The highest BCUT2D eigenvalue weighted by Crippen LogP contribution is 2.35. The molecule has 0 N–H and O–H groups in total. The van der Waals surface area contributed by atoms with E-state index in [1.165, 1.54) is 6.20 Å². The van der Waals surface area contributed by atoms with E-state index in [0.29, 0.717) is 22.9 Å². The minimum Gasteiger partial charge on any atom is -0.443 e. The number of nitrogens with zero attached hydrogens (tertiary/aromatic N) is 4. The van der Waals surface area contributed by atoms with Crippen molar-refractivity contribution in [3.05, 3.63) is 48.4 Å². The molecule has 0 spiro atoms. The lowest BCUT2D eigenvalue weighted by atomic mass is 10.1. The molecule has 2 aromatic heterocycles. The summed E-state index contributed by atoms with van der Waals surface area (Å²) in [7, 11) is 0. The van der Waals surface area contributed by atoms with Crippen molar-refractivity contribution in [2.45, 2.75) is 45.3 Å². The predicted octanol–water partition coefficient (Wildman–Crippen LogP) is 4.11. The Morgan fingerprint density at radius 2 is 1.96 bits per heavy atom. The third-order valence-electron chi connectivity index (χ3n) is 4.42. The lowest BCUT2D eigenvalue weighted by Gasteiger charge is -2.27. The van der Waals surface area contributed by atoms with Gasteiger partial charge in [0.2, 0.25) is 0 Å². The molecule has 1 aliphatic rings. The van der Waals surface area contributed by atoms with Crippen LogP contribution in [0.4, 0.5) is 10.6 Å². The molecule has 7 heteroatoms. The number of rotatable bonds is 4. The number of hydrogen-bond acceptors (Lipinski definition) is 5. The summed E-state index contributed by atoms with van der Waals surface area (Å²) in [6.45, 7) is 5.50. The predicted molar refractivity (Wildman–Crippen MR) is 106 cm³/mol. The quantitative estimate of drug-likeness (QED) is 0.639. The molecule has 3 aromatic rings. The number of imidazole rings is 1.